The zero-order valence-corrected chi connectivity index (χ0v) is 19.1. The van der Waals surface area contributed by atoms with Crippen molar-refractivity contribution in [2.45, 2.75) is 34.0 Å². The average molecular weight is 457 g/mol. The summed E-state index contributed by atoms with van der Waals surface area (Å²) in [6.07, 6.45) is 6.63. The second-order valence-electron chi connectivity index (χ2n) is 8.14. The van der Waals surface area contributed by atoms with Crippen molar-refractivity contribution < 1.29 is 13.9 Å². The van der Waals surface area contributed by atoms with Gasteiger partial charge in [0, 0.05) is 11.8 Å². The van der Waals surface area contributed by atoms with Crippen LogP contribution in [0, 0.1) is 20.8 Å². The fourth-order valence-corrected chi connectivity index (χ4v) is 3.96. The fourth-order valence-electron chi connectivity index (χ4n) is 3.96. The predicted molar refractivity (Wildman–Crippen MR) is 127 cm³/mol. The lowest BCUT2D eigenvalue weighted by Gasteiger charge is -2.09. The summed E-state index contributed by atoms with van der Waals surface area (Å²) in [4.78, 5) is 17.2. The minimum absolute atomic E-state index is 0.0171. The number of nitrogens with zero attached hydrogens (tertiary/aromatic N) is 5. The molecule has 0 atom stereocenters. The van der Waals surface area contributed by atoms with Crippen molar-refractivity contribution in [3.63, 3.8) is 0 Å². The van der Waals surface area contributed by atoms with Crippen LogP contribution in [0.15, 0.2) is 65.7 Å². The Balaban J connectivity index is 1.26. The Kier molecular flexibility index (Phi) is 5.59. The topological polar surface area (TPSA) is 100 Å². The lowest BCUT2D eigenvalue weighted by molar-refractivity contribution is -0.116. The fraction of sp³-hybridized carbons (Fsp3) is 0.200. The Labute approximate surface area is 196 Å². The molecule has 0 saturated heterocycles. The zero-order valence-electron chi connectivity index (χ0n) is 19.1. The first-order valence-corrected chi connectivity index (χ1v) is 10.9. The number of amides is 1. The maximum Gasteiger partial charge on any atom is 0.246 e. The Morgan fingerprint density at radius 3 is 2.85 bits per heavy atom. The third kappa shape index (κ3) is 4.27. The number of fused-ring (bicyclic) bond motifs is 1. The van der Waals surface area contributed by atoms with Crippen LogP contribution in [0.1, 0.15) is 16.8 Å². The number of aryl methyl sites for hydroxylation is 3. The Morgan fingerprint density at radius 2 is 2.06 bits per heavy atom. The SMILES string of the molecule is Cc1ccc(OCn2cc(NC(=O)Cn3nc(C)c4c(-c5ccco5)ccnc43)cn2)c(C)c1. The molecule has 9 nitrogen and oxygen atoms in total. The van der Waals surface area contributed by atoms with Gasteiger partial charge in [-0.2, -0.15) is 10.2 Å². The maximum atomic E-state index is 12.7. The lowest BCUT2D eigenvalue weighted by Crippen LogP contribution is -2.19. The van der Waals surface area contributed by atoms with Gasteiger partial charge in [-0.05, 0) is 50.6 Å². The number of furan rings is 1. The molecule has 0 aliphatic rings. The molecule has 5 aromatic rings. The van der Waals surface area contributed by atoms with Crippen LogP contribution in [0.2, 0.25) is 0 Å². The third-order valence-corrected chi connectivity index (χ3v) is 5.49. The molecule has 0 fully saturated rings. The number of rotatable bonds is 7. The van der Waals surface area contributed by atoms with Crippen LogP contribution in [0.5, 0.6) is 5.75 Å². The van der Waals surface area contributed by atoms with Crippen LogP contribution < -0.4 is 10.1 Å². The average Bonchev–Trinajstić information content (AvgIpc) is 3.55. The van der Waals surface area contributed by atoms with Gasteiger partial charge >= 0.3 is 0 Å². The molecule has 4 aromatic heterocycles. The number of anilines is 1. The molecule has 0 bridgehead atoms. The van der Waals surface area contributed by atoms with Gasteiger partial charge in [0.15, 0.2) is 12.4 Å². The van der Waals surface area contributed by atoms with Crippen LogP contribution in [-0.2, 0) is 18.1 Å². The van der Waals surface area contributed by atoms with E-state index in [2.05, 4.69) is 26.6 Å². The molecule has 172 valence electrons. The van der Waals surface area contributed by atoms with E-state index >= 15 is 0 Å². The van der Waals surface area contributed by atoms with Crippen LogP contribution in [0.25, 0.3) is 22.4 Å². The summed E-state index contributed by atoms with van der Waals surface area (Å²) >= 11 is 0. The molecular weight excluding hydrogens is 432 g/mol. The van der Waals surface area contributed by atoms with E-state index in [1.54, 1.807) is 34.2 Å². The second-order valence-corrected chi connectivity index (χ2v) is 8.14. The summed E-state index contributed by atoms with van der Waals surface area (Å²) in [5.41, 5.74) is 5.11. The molecule has 1 N–H and O–H groups in total. The summed E-state index contributed by atoms with van der Waals surface area (Å²) in [6.45, 7) is 6.20. The zero-order chi connectivity index (χ0) is 23.7. The molecule has 34 heavy (non-hydrogen) atoms. The first kappa shape index (κ1) is 21.4. The highest BCUT2D eigenvalue weighted by Crippen LogP contribution is 2.30. The molecule has 0 unspecified atom stereocenters. The normalized spacial score (nSPS) is 11.1. The number of carbonyl (C=O) groups is 1. The third-order valence-electron chi connectivity index (χ3n) is 5.49. The van der Waals surface area contributed by atoms with E-state index in [4.69, 9.17) is 9.15 Å². The molecule has 5 rings (SSSR count). The van der Waals surface area contributed by atoms with E-state index in [0.29, 0.717) is 11.3 Å². The van der Waals surface area contributed by atoms with Gasteiger partial charge in [0.2, 0.25) is 5.91 Å². The predicted octanol–water partition coefficient (Wildman–Crippen LogP) is 4.49. The largest absolute Gasteiger partial charge is 0.471 e. The summed E-state index contributed by atoms with van der Waals surface area (Å²) in [5.74, 6) is 1.30. The van der Waals surface area contributed by atoms with Gasteiger partial charge in [-0.15, -0.1) is 0 Å². The first-order chi connectivity index (χ1) is 16.5. The highest BCUT2D eigenvalue weighted by atomic mass is 16.5. The van der Waals surface area contributed by atoms with Crippen molar-refractivity contribution in [1.29, 1.82) is 0 Å². The van der Waals surface area contributed by atoms with Gasteiger partial charge in [-0.25, -0.2) is 14.3 Å². The van der Waals surface area contributed by atoms with E-state index < -0.39 is 0 Å². The Hall–Kier alpha value is -4.40. The van der Waals surface area contributed by atoms with Crippen molar-refractivity contribution in [2.24, 2.45) is 0 Å². The van der Waals surface area contributed by atoms with Crippen molar-refractivity contribution in [2.75, 3.05) is 5.32 Å². The summed E-state index contributed by atoms with van der Waals surface area (Å²) in [7, 11) is 0. The van der Waals surface area contributed by atoms with Crippen LogP contribution >= 0.6 is 0 Å². The minimum Gasteiger partial charge on any atom is -0.471 e. The second kappa shape index (κ2) is 8.86. The van der Waals surface area contributed by atoms with Crippen molar-refractivity contribution in [3.8, 4) is 17.1 Å². The van der Waals surface area contributed by atoms with E-state index in [1.165, 1.54) is 5.56 Å². The molecule has 0 saturated carbocycles. The number of carbonyl (C=O) groups excluding carboxylic acids is 1. The number of aromatic nitrogens is 5. The minimum atomic E-state index is -0.232. The summed E-state index contributed by atoms with van der Waals surface area (Å²) in [5, 5.41) is 12.5. The van der Waals surface area contributed by atoms with Crippen molar-refractivity contribution in [3.05, 3.63) is 78.1 Å². The first-order valence-electron chi connectivity index (χ1n) is 10.9. The molecule has 0 radical (unpaired) electrons. The van der Waals surface area contributed by atoms with Crippen molar-refractivity contribution in [1.82, 2.24) is 24.5 Å². The molecule has 0 spiro atoms. The Morgan fingerprint density at radius 1 is 1.18 bits per heavy atom. The van der Waals surface area contributed by atoms with E-state index in [1.807, 2.05) is 51.1 Å². The number of hydrogen-bond donors (Lipinski definition) is 1. The summed E-state index contributed by atoms with van der Waals surface area (Å²) < 4.78 is 14.6. The maximum absolute atomic E-state index is 12.7. The number of benzene rings is 1. The molecule has 1 aromatic carbocycles. The number of hydrogen-bond acceptors (Lipinski definition) is 6. The van der Waals surface area contributed by atoms with Crippen molar-refractivity contribution >= 4 is 22.6 Å². The molecule has 0 aliphatic heterocycles. The van der Waals surface area contributed by atoms with Gasteiger partial charge in [0.25, 0.3) is 0 Å². The Bertz CT molecular complexity index is 1470. The highest BCUT2D eigenvalue weighted by Gasteiger charge is 2.17. The van der Waals surface area contributed by atoms with Gasteiger partial charge in [0.1, 0.15) is 18.1 Å². The molecule has 1 amide bonds. The number of ether oxygens (including phenoxy) is 1. The van der Waals surface area contributed by atoms with E-state index in [9.17, 15) is 4.79 Å². The van der Waals surface area contributed by atoms with Gasteiger partial charge < -0.3 is 14.5 Å². The molecule has 4 heterocycles. The van der Waals surface area contributed by atoms with E-state index in [-0.39, 0.29) is 19.2 Å². The number of nitrogens with one attached hydrogen (secondary N) is 1. The van der Waals surface area contributed by atoms with Crippen LogP contribution in [-0.4, -0.2) is 30.5 Å². The number of pyridine rings is 1. The van der Waals surface area contributed by atoms with Crippen LogP contribution in [0.4, 0.5) is 5.69 Å². The monoisotopic (exact) mass is 456 g/mol. The quantitative estimate of drug-likeness (QED) is 0.387. The molecule has 9 heteroatoms. The summed E-state index contributed by atoms with van der Waals surface area (Å²) in [6, 6.07) is 11.6. The lowest BCUT2D eigenvalue weighted by atomic mass is 10.1. The molecular formula is C25H24N6O3. The standard InChI is InChI=1S/C25H24N6O3/c1-16-6-7-21(17(2)11-16)34-15-30-13-19(12-27-30)28-23(32)14-31-25-24(18(3)29-31)20(8-9-26-25)22-5-4-10-33-22/h4-13H,14-15H2,1-3H3,(H,28,32). The van der Waals surface area contributed by atoms with Crippen LogP contribution in [0.3, 0.4) is 0 Å². The van der Waals surface area contributed by atoms with Gasteiger partial charge in [-0.1, -0.05) is 17.7 Å². The van der Waals surface area contributed by atoms with Gasteiger partial charge in [0.05, 0.1) is 35.4 Å². The highest BCUT2D eigenvalue weighted by molar-refractivity contribution is 5.95. The van der Waals surface area contributed by atoms with E-state index in [0.717, 1.165) is 33.7 Å². The van der Waals surface area contributed by atoms with Gasteiger partial charge in [-0.3, -0.25) is 4.79 Å². The smallest absolute Gasteiger partial charge is 0.246 e. The molecule has 0 aliphatic carbocycles.